The van der Waals surface area contributed by atoms with Crippen LogP contribution in [-0.4, -0.2) is 31.3 Å². The molecule has 0 saturated carbocycles. The Labute approximate surface area is 158 Å². The van der Waals surface area contributed by atoms with Crippen LogP contribution in [0.5, 0.6) is 0 Å². The maximum Gasteiger partial charge on any atom is 0.144 e. The Balaban J connectivity index is 1.76. The van der Waals surface area contributed by atoms with Crippen molar-refractivity contribution in [2.45, 2.75) is 0 Å². The van der Waals surface area contributed by atoms with Gasteiger partial charge in [0, 0.05) is 27.7 Å². The van der Waals surface area contributed by atoms with Crippen LogP contribution >= 0.6 is 22.6 Å². The summed E-state index contributed by atoms with van der Waals surface area (Å²) >= 11 is 2.17. The van der Waals surface area contributed by atoms with E-state index in [1.807, 2.05) is 30.3 Å². The van der Waals surface area contributed by atoms with E-state index in [9.17, 15) is 0 Å². The third-order valence-corrected chi connectivity index (χ3v) is 5.11. The summed E-state index contributed by atoms with van der Waals surface area (Å²) in [6.07, 6.45) is 0. The maximum atomic E-state index is 15.1. The normalized spacial score (nSPS) is 14.9. The van der Waals surface area contributed by atoms with Gasteiger partial charge in [0.05, 0.1) is 24.3 Å². The fourth-order valence-electron chi connectivity index (χ4n) is 3.15. The number of nitrogens with zero attached hydrogens (tertiary/aromatic N) is 2. The molecule has 4 nitrogen and oxygen atoms in total. The number of nitrogens with two attached hydrogens (primary N) is 1. The first-order valence-electron chi connectivity index (χ1n) is 8.11. The highest BCUT2D eigenvalue weighted by atomic mass is 127. The minimum absolute atomic E-state index is 0.213. The number of benzene rings is 2. The van der Waals surface area contributed by atoms with Crippen LogP contribution in [0.15, 0.2) is 42.5 Å². The van der Waals surface area contributed by atoms with E-state index in [2.05, 4.69) is 32.5 Å². The summed E-state index contributed by atoms with van der Waals surface area (Å²) in [6, 6.07) is 13.3. The number of nitrogen functional groups attached to an aromatic ring is 1. The van der Waals surface area contributed by atoms with E-state index >= 15 is 4.39 Å². The number of anilines is 2. The lowest BCUT2D eigenvalue weighted by atomic mass is 10.0. The van der Waals surface area contributed by atoms with E-state index in [1.54, 1.807) is 12.1 Å². The molecule has 3 aromatic rings. The summed E-state index contributed by atoms with van der Waals surface area (Å²) in [7, 11) is 0. The number of hydrogen-bond acceptors (Lipinski definition) is 4. The van der Waals surface area contributed by atoms with Gasteiger partial charge in [0.2, 0.25) is 0 Å². The number of morpholine rings is 1. The van der Waals surface area contributed by atoms with Crippen LogP contribution in [0.1, 0.15) is 0 Å². The molecule has 0 amide bonds. The van der Waals surface area contributed by atoms with Gasteiger partial charge in [-0.25, -0.2) is 9.37 Å². The average Bonchev–Trinajstić information content (AvgIpc) is 2.64. The molecule has 1 aliphatic heterocycles. The second-order valence-corrected chi connectivity index (χ2v) is 7.24. The van der Waals surface area contributed by atoms with Crippen molar-refractivity contribution in [1.82, 2.24) is 4.98 Å². The van der Waals surface area contributed by atoms with Crippen LogP contribution in [0.4, 0.5) is 15.9 Å². The molecule has 2 N–H and O–H groups in total. The monoisotopic (exact) mass is 449 g/mol. The third-order valence-electron chi connectivity index (χ3n) is 4.44. The molecular weight excluding hydrogens is 432 g/mol. The molecule has 2 aromatic carbocycles. The van der Waals surface area contributed by atoms with Gasteiger partial charge >= 0.3 is 0 Å². The first-order chi connectivity index (χ1) is 12.1. The lowest BCUT2D eigenvalue weighted by Crippen LogP contribution is -2.36. The lowest BCUT2D eigenvalue weighted by Gasteiger charge is -2.29. The molecule has 1 saturated heterocycles. The van der Waals surface area contributed by atoms with E-state index in [0.29, 0.717) is 16.5 Å². The summed E-state index contributed by atoms with van der Waals surface area (Å²) in [5.74, 6) is -0.106. The number of hydrogen-bond donors (Lipinski definition) is 1. The topological polar surface area (TPSA) is 51.4 Å². The van der Waals surface area contributed by atoms with Gasteiger partial charge in [0.25, 0.3) is 0 Å². The molecule has 0 radical (unpaired) electrons. The molecule has 0 unspecified atom stereocenters. The van der Waals surface area contributed by atoms with Gasteiger partial charge in [-0.05, 0) is 58.5 Å². The first kappa shape index (κ1) is 16.5. The van der Waals surface area contributed by atoms with Crippen LogP contribution in [-0.2, 0) is 4.74 Å². The molecule has 1 aromatic heterocycles. The third kappa shape index (κ3) is 3.16. The van der Waals surface area contributed by atoms with Crippen molar-refractivity contribution in [3.63, 3.8) is 0 Å². The standard InChI is InChI=1S/C19H17FIN3O/c20-18-15-11-13(21)3-6-16(15)23-19(22)17(18)12-1-4-14(5-2-12)24-7-9-25-10-8-24/h1-6,11H,7-10H2,(H2,22,23). The fraction of sp³-hybridized carbons (Fsp3) is 0.211. The summed E-state index contributed by atoms with van der Waals surface area (Å²) in [4.78, 5) is 6.63. The van der Waals surface area contributed by atoms with Gasteiger partial charge in [-0.15, -0.1) is 0 Å². The number of rotatable bonds is 2. The lowest BCUT2D eigenvalue weighted by molar-refractivity contribution is 0.122. The Hall–Kier alpha value is -1.93. The second kappa shape index (κ2) is 6.76. The number of pyridine rings is 1. The highest BCUT2D eigenvalue weighted by Crippen LogP contribution is 2.34. The highest BCUT2D eigenvalue weighted by molar-refractivity contribution is 14.1. The van der Waals surface area contributed by atoms with Crippen LogP contribution in [0.25, 0.3) is 22.0 Å². The fourth-order valence-corrected chi connectivity index (χ4v) is 3.64. The smallest absolute Gasteiger partial charge is 0.144 e. The summed E-state index contributed by atoms with van der Waals surface area (Å²) in [6.45, 7) is 3.20. The number of ether oxygens (including phenoxy) is 1. The SMILES string of the molecule is Nc1nc2ccc(I)cc2c(F)c1-c1ccc(N2CCOCC2)cc1. The van der Waals surface area contributed by atoms with Crippen LogP contribution in [0.3, 0.4) is 0 Å². The van der Waals surface area contributed by atoms with E-state index < -0.39 is 0 Å². The molecule has 1 aliphatic rings. The van der Waals surface area contributed by atoms with E-state index in [1.165, 1.54) is 0 Å². The van der Waals surface area contributed by atoms with Gasteiger partial charge in [0.15, 0.2) is 0 Å². The Morgan fingerprint density at radius 2 is 1.80 bits per heavy atom. The van der Waals surface area contributed by atoms with Gasteiger partial charge in [-0.2, -0.15) is 0 Å². The predicted molar refractivity (Wildman–Crippen MR) is 107 cm³/mol. The Morgan fingerprint density at radius 1 is 1.08 bits per heavy atom. The number of aromatic nitrogens is 1. The van der Waals surface area contributed by atoms with E-state index in [0.717, 1.165) is 41.1 Å². The highest BCUT2D eigenvalue weighted by Gasteiger charge is 2.17. The second-order valence-electron chi connectivity index (χ2n) is 5.99. The van der Waals surface area contributed by atoms with Crippen LogP contribution in [0, 0.1) is 9.39 Å². The van der Waals surface area contributed by atoms with E-state index in [4.69, 9.17) is 10.5 Å². The van der Waals surface area contributed by atoms with Crippen molar-refractivity contribution in [3.05, 3.63) is 51.9 Å². The zero-order chi connectivity index (χ0) is 17.4. The van der Waals surface area contributed by atoms with Gasteiger partial charge in [0.1, 0.15) is 11.6 Å². The van der Waals surface area contributed by atoms with Crippen LogP contribution < -0.4 is 10.6 Å². The zero-order valence-corrected chi connectivity index (χ0v) is 15.7. The van der Waals surface area contributed by atoms with Gasteiger partial charge in [-0.1, -0.05) is 12.1 Å². The minimum atomic E-state index is -0.319. The summed E-state index contributed by atoms with van der Waals surface area (Å²) in [5, 5.41) is 0.494. The Bertz CT molecular complexity index is 924. The molecule has 0 atom stereocenters. The summed E-state index contributed by atoms with van der Waals surface area (Å²) < 4.78 is 21.4. The van der Waals surface area contributed by atoms with Gasteiger partial charge < -0.3 is 15.4 Å². The first-order valence-corrected chi connectivity index (χ1v) is 9.19. The zero-order valence-electron chi connectivity index (χ0n) is 13.5. The van der Waals surface area contributed by atoms with Crippen molar-refractivity contribution in [2.24, 2.45) is 0 Å². The molecule has 0 bridgehead atoms. The van der Waals surface area contributed by atoms with Crippen molar-refractivity contribution >= 4 is 45.0 Å². The molecule has 2 heterocycles. The van der Waals surface area contributed by atoms with Crippen molar-refractivity contribution in [1.29, 1.82) is 0 Å². The number of halogens is 2. The Morgan fingerprint density at radius 3 is 2.52 bits per heavy atom. The Kier molecular flexibility index (Phi) is 4.47. The molecule has 128 valence electrons. The molecule has 0 aliphatic carbocycles. The summed E-state index contributed by atoms with van der Waals surface area (Å²) in [5.41, 5.74) is 8.84. The maximum absolute atomic E-state index is 15.1. The minimum Gasteiger partial charge on any atom is -0.383 e. The van der Waals surface area contributed by atoms with Crippen molar-refractivity contribution in [3.8, 4) is 11.1 Å². The molecule has 6 heteroatoms. The average molecular weight is 449 g/mol. The number of fused-ring (bicyclic) bond motifs is 1. The predicted octanol–water partition coefficient (Wildman–Crippen LogP) is 4.06. The van der Waals surface area contributed by atoms with E-state index in [-0.39, 0.29) is 11.6 Å². The quantitative estimate of drug-likeness (QED) is 0.600. The van der Waals surface area contributed by atoms with Crippen molar-refractivity contribution < 1.29 is 9.13 Å². The molecule has 0 spiro atoms. The van der Waals surface area contributed by atoms with Gasteiger partial charge in [-0.3, -0.25) is 0 Å². The molecular formula is C19H17FIN3O. The van der Waals surface area contributed by atoms with Crippen molar-refractivity contribution in [2.75, 3.05) is 36.9 Å². The molecule has 25 heavy (non-hydrogen) atoms. The van der Waals surface area contributed by atoms with Crippen LogP contribution in [0.2, 0.25) is 0 Å². The largest absolute Gasteiger partial charge is 0.383 e. The molecule has 4 rings (SSSR count). The molecule has 1 fully saturated rings.